The molecule has 0 radical (unpaired) electrons. The molecule has 28 heavy (non-hydrogen) atoms. The van der Waals surface area contributed by atoms with Gasteiger partial charge in [0.1, 0.15) is 11.9 Å². The Morgan fingerprint density at radius 3 is 2.61 bits per heavy atom. The van der Waals surface area contributed by atoms with E-state index in [4.69, 9.17) is 4.74 Å². The zero-order chi connectivity index (χ0) is 19.1. The normalized spacial score (nSPS) is 20.1. The van der Waals surface area contributed by atoms with Crippen molar-refractivity contribution in [2.75, 3.05) is 45.9 Å². The number of hydrogen-bond acceptors (Lipinski definition) is 3. The van der Waals surface area contributed by atoms with Gasteiger partial charge in [0.25, 0.3) is 5.91 Å². The third-order valence-corrected chi connectivity index (χ3v) is 5.03. The summed E-state index contributed by atoms with van der Waals surface area (Å²) in [6.07, 6.45) is 2.12. The van der Waals surface area contributed by atoms with Gasteiger partial charge in [0.05, 0.1) is 0 Å². The summed E-state index contributed by atoms with van der Waals surface area (Å²) < 4.78 is 19.3. The van der Waals surface area contributed by atoms with Gasteiger partial charge in [0.15, 0.2) is 5.96 Å². The van der Waals surface area contributed by atoms with E-state index in [1.54, 1.807) is 12.1 Å². The molecule has 1 aromatic rings. The fourth-order valence-corrected chi connectivity index (χ4v) is 3.52. The minimum absolute atomic E-state index is 0. The van der Waals surface area contributed by atoms with Crippen LogP contribution in [0.5, 0.6) is 0 Å². The number of amides is 1. The molecule has 1 N–H and O–H groups in total. The van der Waals surface area contributed by atoms with Crippen LogP contribution in [0, 0.1) is 5.82 Å². The van der Waals surface area contributed by atoms with Crippen LogP contribution in [0.15, 0.2) is 29.3 Å². The highest BCUT2D eigenvalue weighted by Crippen LogP contribution is 2.16. The summed E-state index contributed by atoms with van der Waals surface area (Å²) >= 11 is 0. The van der Waals surface area contributed by atoms with Crippen LogP contribution in [-0.4, -0.2) is 73.6 Å². The number of halogens is 2. The first kappa shape index (κ1) is 22.9. The van der Waals surface area contributed by atoms with E-state index in [9.17, 15) is 9.18 Å². The van der Waals surface area contributed by atoms with Gasteiger partial charge in [-0.05, 0) is 37.8 Å². The molecule has 1 aromatic carbocycles. The number of guanidine groups is 1. The van der Waals surface area contributed by atoms with Crippen molar-refractivity contribution in [2.24, 2.45) is 4.99 Å². The summed E-state index contributed by atoms with van der Waals surface area (Å²) in [6, 6.07) is 6.82. The highest BCUT2D eigenvalue weighted by atomic mass is 127. The Hall–Kier alpha value is -1.42. The summed E-state index contributed by atoms with van der Waals surface area (Å²) in [5.41, 5.74) is 0.684. The van der Waals surface area contributed by atoms with E-state index in [1.165, 1.54) is 6.07 Å². The Kier molecular flexibility index (Phi) is 9.43. The molecule has 3 rings (SSSR count). The highest BCUT2D eigenvalue weighted by molar-refractivity contribution is 14.0. The number of ether oxygens (including phenoxy) is 1. The van der Waals surface area contributed by atoms with Crippen LogP contribution in [0.2, 0.25) is 0 Å². The molecule has 1 atom stereocenters. The Bertz CT molecular complexity index is 659. The molecule has 2 fully saturated rings. The van der Waals surface area contributed by atoms with Crippen molar-refractivity contribution >= 4 is 35.8 Å². The lowest BCUT2D eigenvalue weighted by Gasteiger charge is -2.37. The minimum Gasteiger partial charge on any atom is -0.368 e. The van der Waals surface area contributed by atoms with Crippen molar-refractivity contribution in [3.05, 3.63) is 35.6 Å². The maximum atomic E-state index is 13.7. The van der Waals surface area contributed by atoms with E-state index >= 15 is 0 Å². The van der Waals surface area contributed by atoms with Crippen LogP contribution < -0.4 is 5.32 Å². The summed E-state index contributed by atoms with van der Waals surface area (Å²) in [5, 5.41) is 3.31. The molecule has 0 aromatic heterocycles. The van der Waals surface area contributed by atoms with Gasteiger partial charge in [0.2, 0.25) is 0 Å². The monoisotopic (exact) mass is 504 g/mol. The lowest BCUT2D eigenvalue weighted by Crippen LogP contribution is -2.55. The van der Waals surface area contributed by atoms with Crippen molar-refractivity contribution in [3.63, 3.8) is 0 Å². The number of aliphatic imine (C=N–C) groups is 1. The molecule has 2 aliphatic rings. The van der Waals surface area contributed by atoms with Crippen molar-refractivity contribution in [2.45, 2.75) is 32.3 Å². The largest absolute Gasteiger partial charge is 0.368 e. The number of hydrogen-bond donors (Lipinski definition) is 1. The number of nitrogens with one attached hydrogen (secondary N) is 1. The second-order valence-electron chi connectivity index (χ2n) is 6.89. The number of nitrogens with zero attached hydrogens (tertiary/aromatic N) is 3. The fourth-order valence-electron chi connectivity index (χ4n) is 3.52. The van der Waals surface area contributed by atoms with Gasteiger partial charge in [-0.3, -0.25) is 9.79 Å². The van der Waals surface area contributed by atoms with Crippen molar-refractivity contribution in [1.82, 2.24) is 15.1 Å². The topological polar surface area (TPSA) is 57.2 Å². The Labute approximate surface area is 183 Å². The van der Waals surface area contributed by atoms with E-state index in [2.05, 4.69) is 15.2 Å². The molecule has 0 aliphatic carbocycles. The van der Waals surface area contributed by atoms with Crippen LogP contribution in [0.3, 0.4) is 0 Å². The summed E-state index contributed by atoms with van der Waals surface area (Å²) in [7, 11) is 0. The molecule has 8 heteroatoms. The molecule has 2 aliphatic heterocycles. The highest BCUT2D eigenvalue weighted by Gasteiger charge is 2.30. The van der Waals surface area contributed by atoms with E-state index in [-0.39, 0.29) is 41.8 Å². The van der Waals surface area contributed by atoms with Crippen molar-refractivity contribution in [1.29, 1.82) is 0 Å². The van der Waals surface area contributed by atoms with Gasteiger partial charge >= 0.3 is 0 Å². The lowest BCUT2D eigenvalue weighted by atomic mass is 10.1. The predicted molar refractivity (Wildman–Crippen MR) is 119 cm³/mol. The van der Waals surface area contributed by atoms with Gasteiger partial charge in [-0.25, -0.2) is 4.39 Å². The van der Waals surface area contributed by atoms with Gasteiger partial charge in [0, 0.05) is 45.9 Å². The maximum absolute atomic E-state index is 13.7. The standard InChI is InChI=1S/C20H29FN4O2.HI/c1-2-22-20(23-10-9-16-6-3-4-7-17(16)21)25-13-11-24(12-14-25)19(26)18-8-5-15-27-18;/h3-4,6-7,18H,2,5,8-15H2,1H3,(H,22,23);1H. The van der Waals surface area contributed by atoms with E-state index < -0.39 is 0 Å². The van der Waals surface area contributed by atoms with E-state index in [0.29, 0.717) is 38.2 Å². The Morgan fingerprint density at radius 1 is 1.25 bits per heavy atom. The second kappa shape index (κ2) is 11.5. The van der Waals surface area contributed by atoms with Crippen molar-refractivity contribution < 1.29 is 13.9 Å². The van der Waals surface area contributed by atoms with Gasteiger partial charge < -0.3 is 19.9 Å². The predicted octanol–water partition coefficient (Wildman–Crippen LogP) is 2.27. The Morgan fingerprint density at radius 2 is 1.96 bits per heavy atom. The zero-order valence-electron chi connectivity index (χ0n) is 16.4. The summed E-state index contributed by atoms with van der Waals surface area (Å²) in [4.78, 5) is 21.2. The summed E-state index contributed by atoms with van der Waals surface area (Å²) in [6.45, 7) is 6.85. The molecule has 1 amide bonds. The molecule has 1 unspecified atom stereocenters. The molecule has 0 spiro atoms. The lowest BCUT2D eigenvalue weighted by molar-refractivity contribution is -0.142. The first-order valence-electron chi connectivity index (χ1n) is 9.86. The quantitative estimate of drug-likeness (QED) is 0.380. The molecular formula is C20H30FIN4O2. The van der Waals surface area contributed by atoms with Gasteiger partial charge in [-0.2, -0.15) is 0 Å². The third kappa shape index (κ3) is 6.04. The van der Waals surface area contributed by atoms with Crippen LogP contribution in [0.25, 0.3) is 0 Å². The first-order chi connectivity index (χ1) is 13.2. The van der Waals surface area contributed by atoms with E-state index in [0.717, 1.165) is 38.4 Å². The van der Waals surface area contributed by atoms with Crippen molar-refractivity contribution in [3.8, 4) is 0 Å². The molecule has 2 saturated heterocycles. The van der Waals surface area contributed by atoms with Crippen LogP contribution in [-0.2, 0) is 16.0 Å². The number of rotatable bonds is 5. The van der Waals surface area contributed by atoms with Gasteiger partial charge in [-0.1, -0.05) is 18.2 Å². The minimum atomic E-state index is -0.251. The fraction of sp³-hybridized carbons (Fsp3) is 0.600. The summed E-state index contributed by atoms with van der Waals surface area (Å²) in [5.74, 6) is 0.769. The third-order valence-electron chi connectivity index (χ3n) is 5.03. The zero-order valence-corrected chi connectivity index (χ0v) is 18.7. The molecule has 0 saturated carbocycles. The number of carbonyl (C=O) groups excluding carboxylic acids is 1. The molecule has 156 valence electrons. The first-order valence-corrected chi connectivity index (χ1v) is 9.86. The maximum Gasteiger partial charge on any atom is 0.251 e. The molecule has 6 nitrogen and oxygen atoms in total. The number of piperazine rings is 1. The number of benzene rings is 1. The smallest absolute Gasteiger partial charge is 0.251 e. The van der Waals surface area contributed by atoms with Crippen LogP contribution >= 0.6 is 24.0 Å². The SMILES string of the molecule is CCNC(=NCCc1ccccc1F)N1CCN(C(=O)C2CCCO2)CC1.I. The van der Waals surface area contributed by atoms with Crippen LogP contribution in [0.1, 0.15) is 25.3 Å². The van der Waals surface area contributed by atoms with Crippen LogP contribution in [0.4, 0.5) is 4.39 Å². The molecule has 2 heterocycles. The number of carbonyl (C=O) groups is 1. The molecular weight excluding hydrogens is 474 g/mol. The van der Waals surface area contributed by atoms with E-state index in [1.807, 2.05) is 17.9 Å². The molecule has 0 bridgehead atoms. The Balaban J connectivity index is 0.00000280. The second-order valence-corrected chi connectivity index (χ2v) is 6.89. The average molecular weight is 504 g/mol. The average Bonchev–Trinajstić information content (AvgIpc) is 3.23. The van der Waals surface area contributed by atoms with Gasteiger partial charge in [-0.15, -0.1) is 24.0 Å².